The first kappa shape index (κ1) is 10.8. The van der Waals surface area contributed by atoms with E-state index in [1.807, 2.05) is 31.2 Å². The van der Waals surface area contributed by atoms with Crippen molar-refractivity contribution in [3.8, 4) is 17.4 Å². The molecule has 1 heterocycles. The van der Waals surface area contributed by atoms with E-state index in [-0.39, 0.29) is 11.3 Å². The van der Waals surface area contributed by atoms with E-state index in [2.05, 4.69) is 15.0 Å². The monoisotopic (exact) mass is 235 g/mol. The molecule has 0 N–H and O–H groups in total. The van der Waals surface area contributed by atoms with E-state index in [0.29, 0.717) is 5.82 Å². The highest BCUT2D eigenvalue weighted by atomic mass is 35.5. The molecular formula is C11H10ClN3O. The van der Waals surface area contributed by atoms with Gasteiger partial charge in [0.1, 0.15) is 0 Å². The topological polar surface area (TPSA) is 47.9 Å². The minimum absolute atomic E-state index is 0.127. The predicted molar refractivity (Wildman–Crippen MR) is 61.6 cm³/mol. The number of aryl methyl sites for hydroxylation is 1. The number of ether oxygens (including phenoxy) is 1. The maximum Gasteiger partial charge on any atom is 0.321 e. The average molecular weight is 236 g/mol. The van der Waals surface area contributed by atoms with Gasteiger partial charge in [0, 0.05) is 5.56 Å². The molecule has 0 saturated carbocycles. The molecule has 0 amide bonds. The van der Waals surface area contributed by atoms with Crippen molar-refractivity contribution < 1.29 is 4.74 Å². The number of hydrogen-bond donors (Lipinski definition) is 0. The lowest BCUT2D eigenvalue weighted by atomic mass is 10.1. The number of halogens is 1. The zero-order valence-electron chi connectivity index (χ0n) is 8.94. The molecule has 0 aliphatic rings. The summed E-state index contributed by atoms with van der Waals surface area (Å²) in [5.74, 6) is 0.511. The molecule has 0 aliphatic heterocycles. The van der Waals surface area contributed by atoms with E-state index >= 15 is 0 Å². The summed E-state index contributed by atoms with van der Waals surface area (Å²) in [5.41, 5.74) is 2.06. The molecule has 0 bridgehead atoms. The third-order valence-electron chi connectivity index (χ3n) is 2.08. The lowest BCUT2D eigenvalue weighted by molar-refractivity contribution is 0.379. The van der Waals surface area contributed by atoms with Gasteiger partial charge < -0.3 is 4.74 Å². The van der Waals surface area contributed by atoms with Crippen LogP contribution in [-0.2, 0) is 0 Å². The molecule has 2 aromatic rings. The Kier molecular flexibility index (Phi) is 3.01. The maximum absolute atomic E-state index is 5.77. The van der Waals surface area contributed by atoms with Crippen molar-refractivity contribution >= 4 is 11.6 Å². The van der Waals surface area contributed by atoms with Gasteiger partial charge in [0.25, 0.3) is 0 Å². The van der Waals surface area contributed by atoms with Crippen LogP contribution in [-0.4, -0.2) is 22.1 Å². The third-order valence-corrected chi connectivity index (χ3v) is 2.25. The van der Waals surface area contributed by atoms with Crippen molar-refractivity contribution in [1.29, 1.82) is 0 Å². The highest BCUT2D eigenvalue weighted by Crippen LogP contribution is 2.18. The van der Waals surface area contributed by atoms with Crippen LogP contribution in [0.1, 0.15) is 5.56 Å². The molecule has 5 heteroatoms. The normalized spacial score (nSPS) is 10.2. The van der Waals surface area contributed by atoms with Crippen LogP contribution in [0, 0.1) is 6.92 Å². The average Bonchev–Trinajstić information content (AvgIpc) is 2.29. The Bertz CT molecular complexity index is 499. The minimum atomic E-state index is 0.127. The molecule has 82 valence electrons. The van der Waals surface area contributed by atoms with Crippen LogP contribution in [0.5, 0.6) is 6.01 Å². The molecule has 1 aromatic carbocycles. The van der Waals surface area contributed by atoms with E-state index in [0.717, 1.165) is 5.56 Å². The van der Waals surface area contributed by atoms with Gasteiger partial charge in [0.15, 0.2) is 5.82 Å². The smallest absolute Gasteiger partial charge is 0.321 e. The fourth-order valence-corrected chi connectivity index (χ4v) is 1.41. The zero-order valence-corrected chi connectivity index (χ0v) is 9.69. The number of nitrogens with zero attached hydrogens (tertiary/aromatic N) is 3. The van der Waals surface area contributed by atoms with E-state index in [1.165, 1.54) is 12.7 Å². The van der Waals surface area contributed by atoms with E-state index in [9.17, 15) is 0 Å². The summed E-state index contributed by atoms with van der Waals surface area (Å²) < 4.78 is 4.93. The van der Waals surface area contributed by atoms with Gasteiger partial charge in [-0.25, -0.2) is 0 Å². The summed E-state index contributed by atoms with van der Waals surface area (Å²) in [7, 11) is 1.49. The summed E-state index contributed by atoms with van der Waals surface area (Å²) in [5, 5.41) is 0.127. The van der Waals surface area contributed by atoms with Crippen molar-refractivity contribution in [2.75, 3.05) is 7.11 Å². The summed E-state index contributed by atoms with van der Waals surface area (Å²) in [6.45, 7) is 2.02. The molecule has 0 atom stereocenters. The van der Waals surface area contributed by atoms with Crippen LogP contribution in [0.3, 0.4) is 0 Å². The Balaban J connectivity index is 2.47. The van der Waals surface area contributed by atoms with Crippen LogP contribution in [0.2, 0.25) is 5.28 Å². The Morgan fingerprint density at radius 3 is 2.38 bits per heavy atom. The zero-order chi connectivity index (χ0) is 11.5. The van der Waals surface area contributed by atoms with E-state index in [4.69, 9.17) is 16.3 Å². The SMILES string of the molecule is COc1nc(Cl)nc(-c2ccc(C)cc2)n1. The fourth-order valence-electron chi connectivity index (χ4n) is 1.25. The molecule has 0 spiro atoms. The first-order valence-corrected chi connectivity index (χ1v) is 5.09. The standard InChI is InChI=1S/C11H10ClN3O/c1-7-3-5-8(6-4-7)9-13-10(12)15-11(14-9)16-2/h3-6H,1-2H3. The van der Waals surface area contributed by atoms with Crippen molar-refractivity contribution in [3.63, 3.8) is 0 Å². The van der Waals surface area contributed by atoms with Gasteiger partial charge in [0.2, 0.25) is 5.28 Å². The number of methoxy groups -OCH3 is 1. The van der Waals surface area contributed by atoms with Gasteiger partial charge in [-0.15, -0.1) is 0 Å². The van der Waals surface area contributed by atoms with Gasteiger partial charge in [0.05, 0.1) is 7.11 Å². The molecule has 0 unspecified atom stereocenters. The lowest BCUT2D eigenvalue weighted by Crippen LogP contribution is -1.97. The highest BCUT2D eigenvalue weighted by Gasteiger charge is 2.06. The molecule has 2 rings (SSSR count). The largest absolute Gasteiger partial charge is 0.467 e. The van der Waals surface area contributed by atoms with Crippen molar-refractivity contribution in [3.05, 3.63) is 35.1 Å². The minimum Gasteiger partial charge on any atom is -0.467 e. The lowest BCUT2D eigenvalue weighted by Gasteiger charge is -2.03. The van der Waals surface area contributed by atoms with Crippen LogP contribution in [0.4, 0.5) is 0 Å². The molecule has 0 fully saturated rings. The molecule has 1 aromatic heterocycles. The first-order chi connectivity index (χ1) is 7.69. The molecule has 0 radical (unpaired) electrons. The second-order valence-corrected chi connectivity index (χ2v) is 3.62. The van der Waals surface area contributed by atoms with Gasteiger partial charge in [-0.1, -0.05) is 29.8 Å². The molecule has 4 nitrogen and oxygen atoms in total. The Hall–Kier alpha value is -1.68. The van der Waals surface area contributed by atoms with Crippen LogP contribution < -0.4 is 4.74 Å². The van der Waals surface area contributed by atoms with Crippen molar-refractivity contribution in [2.45, 2.75) is 6.92 Å². The second kappa shape index (κ2) is 4.45. The van der Waals surface area contributed by atoms with Crippen LogP contribution in [0.25, 0.3) is 11.4 Å². The van der Waals surface area contributed by atoms with Crippen molar-refractivity contribution in [2.24, 2.45) is 0 Å². The third kappa shape index (κ3) is 2.28. The molecular weight excluding hydrogens is 226 g/mol. The quantitative estimate of drug-likeness (QED) is 0.803. The number of hydrogen-bond acceptors (Lipinski definition) is 4. The Morgan fingerprint density at radius 1 is 1.06 bits per heavy atom. The van der Waals surface area contributed by atoms with Gasteiger partial charge >= 0.3 is 6.01 Å². The molecule has 0 saturated heterocycles. The Morgan fingerprint density at radius 2 is 1.75 bits per heavy atom. The number of benzene rings is 1. The molecule has 0 aliphatic carbocycles. The van der Waals surface area contributed by atoms with Gasteiger partial charge in [-0.3, -0.25) is 0 Å². The summed E-state index contributed by atoms with van der Waals surface area (Å²) in [4.78, 5) is 12.0. The Labute approximate surface area is 98.3 Å². The number of rotatable bonds is 2. The summed E-state index contributed by atoms with van der Waals surface area (Å²) >= 11 is 5.77. The van der Waals surface area contributed by atoms with E-state index < -0.39 is 0 Å². The van der Waals surface area contributed by atoms with Gasteiger partial charge in [-0.05, 0) is 18.5 Å². The fraction of sp³-hybridized carbons (Fsp3) is 0.182. The van der Waals surface area contributed by atoms with Crippen LogP contribution >= 0.6 is 11.6 Å². The molecule has 16 heavy (non-hydrogen) atoms. The first-order valence-electron chi connectivity index (χ1n) is 4.71. The van der Waals surface area contributed by atoms with Gasteiger partial charge in [-0.2, -0.15) is 15.0 Å². The maximum atomic E-state index is 5.77. The summed E-state index contributed by atoms with van der Waals surface area (Å²) in [6, 6.07) is 8.05. The summed E-state index contributed by atoms with van der Waals surface area (Å²) in [6.07, 6.45) is 0. The number of aromatic nitrogens is 3. The van der Waals surface area contributed by atoms with Crippen LogP contribution in [0.15, 0.2) is 24.3 Å². The van der Waals surface area contributed by atoms with E-state index in [1.54, 1.807) is 0 Å². The highest BCUT2D eigenvalue weighted by molar-refractivity contribution is 6.28. The van der Waals surface area contributed by atoms with Crippen molar-refractivity contribution in [1.82, 2.24) is 15.0 Å². The predicted octanol–water partition coefficient (Wildman–Crippen LogP) is 2.51. The second-order valence-electron chi connectivity index (χ2n) is 3.28.